The van der Waals surface area contributed by atoms with E-state index in [2.05, 4.69) is 32.9 Å². The lowest BCUT2D eigenvalue weighted by atomic mass is 10.1. The number of fused-ring (bicyclic) bond motifs is 2. The van der Waals surface area contributed by atoms with E-state index in [1.54, 1.807) is 6.08 Å². The Hall–Kier alpha value is -3.45. The van der Waals surface area contributed by atoms with Gasteiger partial charge in [-0.2, -0.15) is 15.1 Å². The van der Waals surface area contributed by atoms with Crippen LogP contribution in [0.2, 0.25) is 0 Å². The van der Waals surface area contributed by atoms with Crippen LogP contribution in [0.15, 0.2) is 76.5 Å². The number of hydrogen-bond donors (Lipinski definition) is 1. The van der Waals surface area contributed by atoms with Crippen LogP contribution in [0, 0.1) is 5.41 Å². The molecule has 0 saturated heterocycles. The van der Waals surface area contributed by atoms with Crippen molar-refractivity contribution in [3.63, 3.8) is 0 Å². The molecule has 0 radical (unpaired) electrons. The summed E-state index contributed by atoms with van der Waals surface area (Å²) >= 11 is 1.35. The number of rotatable bonds is 4. The molecule has 3 aromatic rings. The van der Waals surface area contributed by atoms with Crippen LogP contribution in [0.3, 0.4) is 0 Å². The first-order valence-electron chi connectivity index (χ1n) is 9.75. The third-order valence-electron chi connectivity index (χ3n) is 5.11. The third-order valence-corrected chi connectivity index (χ3v) is 6.17. The lowest BCUT2D eigenvalue weighted by molar-refractivity contribution is -0.114. The fraction of sp³-hybridized carbons (Fsp3) is 0.130. The Morgan fingerprint density at radius 2 is 1.87 bits per heavy atom. The molecule has 7 heteroatoms. The Bertz CT molecular complexity index is 1270. The van der Waals surface area contributed by atoms with Crippen molar-refractivity contribution in [1.29, 1.82) is 5.41 Å². The maximum atomic E-state index is 12.7. The second-order valence-corrected chi connectivity index (χ2v) is 8.12. The van der Waals surface area contributed by atoms with Gasteiger partial charge in [-0.05, 0) is 35.9 Å². The van der Waals surface area contributed by atoms with Crippen molar-refractivity contribution in [1.82, 2.24) is 9.58 Å². The highest BCUT2D eigenvalue weighted by atomic mass is 32.2. The van der Waals surface area contributed by atoms with E-state index in [-0.39, 0.29) is 11.4 Å². The molecule has 3 heterocycles. The molecule has 5 rings (SSSR count). The Morgan fingerprint density at radius 1 is 1.10 bits per heavy atom. The lowest BCUT2D eigenvalue weighted by Gasteiger charge is -2.20. The van der Waals surface area contributed by atoms with Gasteiger partial charge in [0.1, 0.15) is 5.04 Å². The molecule has 0 atom stereocenters. The smallest absolute Gasteiger partial charge is 0.283 e. The van der Waals surface area contributed by atoms with Crippen LogP contribution in [0.4, 0.5) is 0 Å². The maximum absolute atomic E-state index is 12.7. The molecule has 1 amide bonds. The Labute approximate surface area is 178 Å². The first-order chi connectivity index (χ1) is 14.6. The minimum atomic E-state index is -0.397. The number of nitrogens with zero attached hydrogens (tertiary/aromatic N) is 4. The fourth-order valence-corrected chi connectivity index (χ4v) is 4.46. The molecule has 0 unspecified atom stereocenters. The zero-order valence-electron chi connectivity index (χ0n) is 16.4. The number of aliphatic imine (C=N–C) groups is 1. The first kappa shape index (κ1) is 18.6. The van der Waals surface area contributed by atoms with E-state index in [4.69, 9.17) is 5.41 Å². The van der Waals surface area contributed by atoms with Gasteiger partial charge in [-0.25, -0.2) is 0 Å². The maximum Gasteiger partial charge on any atom is 0.283 e. The van der Waals surface area contributed by atoms with E-state index >= 15 is 0 Å². The molecule has 0 spiro atoms. The Morgan fingerprint density at radius 3 is 2.67 bits per heavy atom. The minimum absolute atomic E-state index is 0.0702. The summed E-state index contributed by atoms with van der Waals surface area (Å²) in [5.41, 5.74) is 3.42. The predicted molar refractivity (Wildman–Crippen MR) is 123 cm³/mol. The Kier molecular flexibility index (Phi) is 4.59. The monoisotopic (exact) mass is 413 g/mol. The second kappa shape index (κ2) is 7.42. The number of thioether (sulfide) groups is 1. The molecular weight excluding hydrogens is 394 g/mol. The highest BCUT2D eigenvalue weighted by Crippen LogP contribution is 2.31. The summed E-state index contributed by atoms with van der Waals surface area (Å²) in [7, 11) is 0. The molecule has 0 fully saturated rings. The fourth-order valence-electron chi connectivity index (χ4n) is 3.63. The molecular formula is C23H19N5OS. The van der Waals surface area contributed by atoms with Crippen molar-refractivity contribution < 1.29 is 4.79 Å². The van der Waals surface area contributed by atoms with Crippen molar-refractivity contribution in [3.8, 4) is 0 Å². The van der Waals surface area contributed by atoms with E-state index in [0.29, 0.717) is 5.17 Å². The zero-order chi connectivity index (χ0) is 20.7. The van der Waals surface area contributed by atoms with Gasteiger partial charge in [-0.3, -0.25) is 10.2 Å². The number of hydrogen-bond acceptors (Lipinski definition) is 4. The average Bonchev–Trinajstić information content (AvgIpc) is 3.33. The molecule has 30 heavy (non-hydrogen) atoms. The number of benzene rings is 2. The van der Waals surface area contributed by atoms with Gasteiger partial charge in [-0.1, -0.05) is 55.5 Å². The van der Waals surface area contributed by atoms with Crippen LogP contribution < -0.4 is 0 Å². The van der Waals surface area contributed by atoms with Crippen molar-refractivity contribution in [2.45, 2.75) is 19.9 Å². The van der Waals surface area contributed by atoms with Crippen LogP contribution in [0.25, 0.3) is 17.0 Å². The van der Waals surface area contributed by atoms with E-state index in [0.717, 1.165) is 34.5 Å². The quantitative estimate of drug-likeness (QED) is 0.629. The van der Waals surface area contributed by atoms with Crippen LogP contribution >= 0.6 is 11.8 Å². The SMILES string of the molecule is CCC1=NN2C(=N)C(=Cc3cn(Cc4ccccc4)c4ccccc34)C(=O)N=C2S1. The number of carbonyl (C=O) groups is 1. The number of para-hydroxylation sites is 1. The number of nitrogens with one attached hydrogen (secondary N) is 1. The summed E-state index contributed by atoms with van der Waals surface area (Å²) in [5, 5.41) is 16.8. The van der Waals surface area contributed by atoms with Gasteiger partial charge in [0.15, 0.2) is 5.84 Å². The summed E-state index contributed by atoms with van der Waals surface area (Å²) in [6.07, 6.45) is 4.54. The van der Waals surface area contributed by atoms with Gasteiger partial charge in [0.25, 0.3) is 5.91 Å². The molecule has 1 N–H and O–H groups in total. The van der Waals surface area contributed by atoms with Gasteiger partial charge in [0.05, 0.1) is 5.57 Å². The second-order valence-electron chi connectivity index (χ2n) is 7.08. The lowest BCUT2D eigenvalue weighted by Crippen LogP contribution is -2.35. The van der Waals surface area contributed by atoms with Crippen LogP contribution in [-0.4, -0.2) is 31.5 Å². The number of aromatic nitrogens is 1. The molecule has 0 saturated carbocycles. The van der Waals surface area contributed by atoms with Gasteiger partial charge < -0.3 is 4.57 Å². The Balaban J connectivity index is 1.57. The molecule has 2 aliphatic rings. The molecule has 2 aliphatic heterocycles. The van der Waals surface area contributed by atoms with Gasteiger partial charge in [0, 0.05) is 29.2 Å². The predicted octanol–water partition coefficient (Wildman–Crippen LogP) is 4.72. The van der Waals surface area contributed by atoms with Crippen LogP contribution in [0.1, 0.15) is 24.5 Å². The summed E-state index contributed by atoms with van der Waals surface area (Å²) in [5.74, 6) is -0.327. The van der Waals surface area contributed by atoms with E-state index in [1.165, 1.54) is 22.3 Å². The third kappa shape index (κ3) is 3.17. The van der Waals surface area contributed by atoms with Crippen molar-refractivity contribution in [2.24, 2.45) is 10.1 Å². The summed E-state index contributed by atoms with van der Waals surface area (Å²) < 4.78 is 2.17. The van der Waals surface area contributed by atoms with Crippen LogP contribution in [0.5, 0.6) is 0 Å². The average molecular weight is 414 g/mol. The standard InChI is InChI=1S/C23H19N5OS/c1-2-20-26-28-21(24)18(22(29)25-23(28)30-20)12-16-14-27(13-15-8-4-3-5-9-15)19-11-7-6-10-17(16)19/h3-12,14,24H,2,13H2,1H3. The number of hydrazone groups is 1. The first-order valence-corrected chi connectivity index (χ1v) is 10.6. The van der Waals surface area contributed by atoms with E-state index in [1.807, 2.05) is 49.5 Å². The summed E-state index contributed by atoms with van der Waals surface area (Å²) in [6.45, 7) is 2.72. The van der Waals surface area contributed by atoms with Crippen LogP contribution in [-0.2, 0) is 11.3 Å². The van der Waals surface area contributed by atoms with Gasteiger partial charge in [-0.15, -0.1) is 0 Å². The highest BCUT2D eigenvalue weighted by molar-refractivity contribution is 8.26. The highest BCUT2D eigenvalue weighted by Gasteiger charge is 2.35. The molecule has 148 valence electrons. The molecule has 6 nitrogen and oxygen atoms in total. The molecule has 2 aromatic carbocycles. The molecule has 0 aliphatic carbocycles. The number of amidine groups is 2. The topological polar surface area (TPSA) is 73.8 Å². The minimum Gasteiger partial charge on any atom is -0.342 e. The van der Waals surface area contributed by atoms with E-state index < -0.39 is 5.91 Å². The summed E-state index contributed by atoms with van der Waals surface area (Å²) in [4.78, 5) is 16.8. The van der Waals surface area contributed by atoms with Gasteiger partial charge >= 0.3 is 0 Å². The normalized spacial score (nSPS) is 17.5. The number of carbonyl (C=O) groups excluding carboxylic acids is 1. The van der Waals surface area contributed by atoms with Gasteiger partial charge in [0.2, 0.25) is 5.17 Å². The molecule has 1 aromatic heterocycles. The largest absolute Gasteiger partial charge is 0.342 e. The summed E-state index contributed by atoms with van der Waals surface area (Å²) in [6, 6.07) is 18.3. The molecule has 0 bridgehead atoms. The van der Waals surface area contributed by atoms with Crippen molar-refractivity contribution in [3.05, 3.63) is 77.5 Å². The zero-order valence-corrected chi connectivity index (χ0v) is 17.2. The van der Waals surface area contributed by atoms with Crippen molar-refractivity contribution in [2.75, 3.05) is 0 Å². The number of amides is 1. The van der Waals surface area contributed by atoms with E-state index in [9.17, 15) is 4.79 Å². The van der Waals surface area contributed by atoms with Crippen molar-refractivity contribution >= 4 is 50.7 Å².